The summed E-state index contributed by atoms with van der Waals surface area (Å²) < 4.78 is 22.2. The fourth-order valence-electron chi connectivity index (χ4n) is 0.854. The Labute approximate surface area is 68.9 Å². The predicted molar refractivity (Wildman–Crippen MR) is 39.3 cm³/mol. The number of carbonyl (C=O) groups is 1. The van der Waals surface area contributed by atoms with Crippen LogP contribution in [-0.4, -0.2) is 37.5 Å². The minimum Gasteiger partial charge on any atom is -0.330 e. The van der Waals surface area contributed by atoms with Gasteiger partial charge in [-0.15, -0.1) is 0 Å². The normalized spacial score (nSPS) is 17.6. The van der Waals surface area contributed by atoms with Crippen molar-refractivity contribution in [1.29, 1.82) is 0 Å². The molecule has 0 bridgehead atoms. The molecule has 7 heteroatoms. The number of nitrogens with zero attached hydrogens (tertiary/aromatic N) is 1. The minimum atomic E-state index is -3.69. The molecule has 1 aliphatic rings. The standard InChI is InChI=1S/C5H6N2O4S/c1-12(10,11)7-4(3-8)2-6-5(7)9/h2H2,1H3,(H,6,9). The number of hydrogen-bond donors (Lipinski definition) is 1. The molecular weight excluding hydrogens is 184 g/mol. The van der Waals surface area contributed by atoms with Gasteiger partial charge in [0.1, 0.15) is 11.6 Å². The van der Waals surface area contributed by atoms with Gasteiger partial charge in [0.2, 0.25) is 10.0 Å². The van der Waals surface area contributed by atoms with Crippen LogP contribution in [0.15, 0.2) is 5.70 Å². The molecule has 12 heavy (non-hydrogen) atoms. The predicted octanol–water partition coefficient (Wildman–Crippen LogP) is -1.31. The van der Waals surface area contributed by atoms with Gasteiger partial charge < -0.3 is 5.32 Å². The molecule has 1 heterocycles. The molecule has 6 nitrogen and oxygen atoms in total. The van der Waals surface area contributed by atoms with Crippen LogP contribution in [0.25, 0.3) is 0 Å². The SMILES string of the molecule is CS(=O)(=O)N1C(=O)NCC1=C=O. The molecule has 1 fully saturated rings. The van der Waals surface area contributed by atoms with E-state index in [0.29, 0.717) is 4.31 Å². The summed E-state index contributed by atoms with van der Waals surface area (Å²) in [5.74, 6) is 1.38. The quantitative estimate of drug-likeness (QED) is 0.520. The monoisotopic (exact) mass is 190 g/mol. The molecule has 2 amide bonds. The van der Waals surface area contributed by atoms with Gasteiger partial charge in [-0.25, -0.2) is 18.0 Å². The van der Waals surface area contributed by atoms with Crippen molar-refractivity contribution < 1.29 is 18.0 Å². The molecule has 0 aromatic carbocycles. The van der Waals surface area contributed by atoms with Crippen LogP contribution in [-0.2, 0) is 14.8 Å². The van der Waals surface area contributed by atoms with E-state index in [-0.39, 0.29) is 12.2 Å². The molecular formula is C5H6N2O4S. The van der Waals surface area contributed by atoms with Crippen LogP contribution in [0.5, 0.6) is 0 Å². The maximum absolute atomic E-state index is 10.9. The van der Waals surface area contributed by atoms with E-state index in [1.807, 2.05) is 0 Å². The van der Waals surface area contributed by atoms with Gasteiger partial charge in [0.25, 0.3) is 0 Å². The van der Waals surface area contributed by atoms with Crippen LogP contribution < -0.4 is 5.32 Å². The van der Waals surface area contributed by atoms with Gasteiger partial charge in [-0.2, -0.15) is 4.31 Å². The zero-order chi connectivity index (χ0) is 9.35. The first-order chi connectivity index (χ1) is 5.46. The van der Waals surface area contributed by atoms with E-state index >= 15 is 0 Å². The van der Waals surface area contributed by atoms with Crippen LogP contribution in [0.4, 0.5) is 4.79 Å². The van der Waals surface area contributed by atoms with Crippen LogP contribution >= 0.6 is 0 Å². The Kier molecular flexibility index (Phi) is 1.91. The lowest BCUT2D eigenvalue weighted by Crippen LogP contribution is -2.32. The third-order valence-corrected chi connectivity index (χ3v) is 2.34. The van der Waals surface area contributed by atoms with Gasteiger partial charge in [-0.3, -0.25) is 0 Å². The Morgan fingerprint density at radius 3 is 2.50 bits per heavy atom. The molecule has 0 unspecified atom stereocenters. The first kappa shape index (κ1) is 8.76. The van der Waals surface area contributed by atoms with Crippen LogP contribution in [0.3, 0.4) is 0 Å². The lowest BCUT2D eigenvalue weighted by Gasteiger charge is -2.09. The molecule has 1 saturated heterocycles. The van der Waals surface area contributed by atoms with E-state index in [4.69, 9.17) is 0 Å². The highest BCUT2D eigenvalue weighted by atomic mass is 32.2. The largest absolute Gasteiger partial charge is 0.336 e. The highest BCUT2D eigenvalue weighted by Crippen LogP contribution is 2.11. The Hall–Kier alpha value is -1.33. The zero-order valence-corrected chi connectivity index (χ0v) is 7.01. The number of hydrogen-bond acceptors (Lipinski definition) is 4. The third kappa shape index (κ3) is 1.32. The summed E-state index contributed by atoms with van der Waals surface area (Å²) in [7, 11) is -3.69. The number of amides is 2. The van der Waals surface area contributed by atoms with Gasteiger partial charge in [-0.05, 0) is 0 Å². The van der Waals surface area contributed by atoms with E-state index in [0.717, 1.165) is 6.26 Å². The Bertz CT molecular complexity index is 365. The van der Waals surface area contributed by atoms with Gasteiger partial charge in [-0.1, -0.05) is 0 Å². The maximum Gasteiger partial charge on any atom is 0.336 e. The summed E-state index contributed by atoms with van der Waals surface area (Å²) >= 11 is 0. The Morgan fingerprint density at radius 1 is 1.58 bits per heavy atom. The van der Waals surface area contributed by atoms with Crippen LogP contribution in [0.1, 0.15) is 0 Å². The molecule has 0 aliphatic carbocycles. The van der Waals surface area contributed by atoms with E-state index < -0.39 is 16.1 Å². The fraction of sp³-hybridized carbons (Fsp3) is 0.400. The van der Waals surface area contributed by atoms with Crippen molar-refractivity contribution in [2.24, 2.45) is 0 Å². The zero-order valence-electron chi connectivity index (χ0n) is 6.20. The summed E-state index contributed by atoms with van der Waals surface area (Å²) in [4.78, 5) is 21.0. The summed E-state index contributed by atoms with van der Waals surface area (Å²) in [5, 5.41) is 2.19. The molecule has 0 atom stereocenters. The Balaban J connectivity index is 3.19. The van der Waals surface area contributed by atoms with Crippen LogP contribution in [0.2, 0.25) is 0 Å². The van der Waals surface area contributed by atoms with Crippen molar-refractivity contribution in [2.75, 3.05) is 12.8 Å². The molecule has 1 N–H and O–H groups in total. The molecule has 0 radical (unpaired) electrons. The number of urea groups is 1. The second-order valence-corrected chi connectivity index (χ2v) is 4.07. The fourth-order valence-corrected chi connectivity index (χ4v) is 1.72. The molecule has 1 aliphatic heterocycles. The first-order valence-corrected chi connectivity index (χ1v) is 4.84. The summed E-state index contributed by atoms with van der Waals surface area (Å²) in [5.41, 5.74) is -0.206. The van der Waals surface area contributed by atoms with Gasteiger partial charge in [0.05, 0.1) is 12.8 Å². The van der Waals surface area contributed by atoms with E-state index in [1.165, 1.54) is 5.94 Å². The highest BCUT2D eigenvalue weighted by molar-refractivity contribution is 7.89. The molecule has 0 saturated carbocycles. The van der Waals surface area contributed by atoms with Crippen molar-refractivity contribution in [3.63, 3.8) is 0 Å². The second kappa shape index (κ2) is 2.62. The second-order valence-electron chi connectivity index (χ2n) is 2.23. The van der Waals surface area contributed by atoms with E-state index in [1.54, 1.807) is 0 Å². The minimum absolute atomic E-state index is 0.0879. The highest BCUT2D eigenvalue weighted by Gasteiger charge is 2.33. The summed E-state index contributed by atoms with van der Waals surface area (Å²) in [6.07, 6.45) is 0.843. The van der Waals surface area contributed by atoms with Crippen molar-refractivity contribution in [3.05, 3.63) is 5.70 Å². The molecule has 1 rings (SSSR count). The lowest BCUT2D eigenvalue weighted by molar-refractivity contribution is 0.238. The molecule has 0 spiro atoms. The third-order valence-electron chi connectivity index (χ3n) is 1.29. The number of carbonyl (C=O) groups excluding carboxylic acids is 2. The van der Waals surface area contributed by atoms with E-state index in [9.17, 15) is 18.0 Å². The van der Waals surface area contributed by atoms with Crippen molar-refractivity contribution in [2.45, 2.75) is 0 Å². The van der Waals surface area contributed by atoms with Gasteiger partial charge >= 0.3 is 6.03 Å². The number of nitrogens with one attached hydrogen (secondary N) is 1. The average Bonchev–Trinajstić information content (AvgIpc) is 2.29. The van der Waals surface area contributed by atoms with Crippen molar-refractivity contribution >= 4 is 22.0 Å². The van der Waals surface area contributed by atoms with Gasteiger partial charge in [0, 0.05) is 0 Å². The number of rotatable bonds is 1. The van der Waals surface area contributed by atoms with Crippen molar-refractivity contribution in [3.8, 4) is 0 Å². The topological polar surface area (TPSA) is 83.6 Å². The average molecular weight is 190 g/mol. The van der Waals surface area contributed by atoms with E-state index in [2.05, 4.69) is 5.32 Å². The van der Waals surface area contributed by atoms with Gasteiger partial charge in [0.15, 0.2) is 0 Å². The summed E-state index contributed by atoms with van der Waals surface area (Å²) in [6, 6.07) is -0.809. The summed E-state index contributed by atoms with van der Waals surface area (Å²) in [6.45, 7) is -0.0879. The maximum atomic E-state index is 10.9. The first-order valence-electron chi connectivity index (χ1n) is 2.99. The smallest absolute Gasteiger partial charge is 0.330 e. The molecule has 66 valence electrons. The lowest BCUT2D eigenvalue weighted by atomic mass is 10.5. The van der Waals surface area contributed by atoms with Crippen LogP contribution in [0, 0.1) is 0 Å². The molecule has 0 aromatic rings. The number of sulfonamides is 1. The van der Waals surface area contributed by atoms with Crippen molar-refractivity contribution in [1.82, 2.24) is 9.62 Å². The molecule has 0 aromatic heterocycles. The Morgan fingerprint density at radius 2 is 2.17 bits per heavy atom.